The van der Waals surface area contributed by atoms with Gasteiger partial charge in [-0.15, -0.1) is 0 Å². The fraction of sp³-hybridized carbons (Fsp3) is 0.381. The number of Topliss-reactive ketones (excluding diaryl/α,β-unsaturated/α-hetero) is 1. The maximum absolute atomic E-state index is 12.8. The van der Waals surface area contributed by atoms with E-state index in [0.717, 1.165) is 17.7 Å². The van der Waals surface area contributed by atoms with Gasteiger partial charge in [0.15, 0.2) is 5.78 Å². The molecule has 30 heavy (non-hydrogen) atoms. The van der Waals surface area contributed by atoms with E-state index in [9.17, 15) is 35.4 Å². The Hall–Kier alpha value is -2.85. The number of carbonyl (C=O) groups is 1. The molecule has 0 saturated carbocycles. The molecule has 9 nitrogen and oxygen atoms in total. The molecule has 9 heteroatoms. The van der Waals surface area contributed by atoms with E-state index >= 15 is 0 Å². The molecule has 1 saturated heterocycles. The minimum atomic E-state index is -1.62. The van der Waals surface area contributed by atoms with Crippen LogP contribution >= 0.6 is 0 Å². The quantitative estimate of drug-likeness (QED) is 0.372. The molecule has 6 N–H and O–H groups in total. The molecule has 1 fully saturated rings. The van der Waals surface area contributed by atoms with Crippen LogP contribution in [0.5, 0.6) is 23.0 Å². The molecule has 1 aliphatic rings. The van der Waals surface area contributed by atoms with Crippen LogP contribution in [0.3, 0.4) is 0 Å². The third-order valence-corrected chi connectivity index (χ3v) is 4.97. The first-order chi connectivity index (χ1) is 14.2. The highest BCUT2D eigenvalue weighted by Crippen LogP contribution is 2.36. The summed E-state index contributed by atoms with van der Waals surface area (Å²) in [4.78, 5) is 12.8. The van der Waals surface area contributed by atoms with Crippen LogP contribution < -0.4 is 4.74 Å². The second-order valence-electron chi connectivity index (χ2n) is 7.23. The Balaban J connectivity index is 1.81. The van der Waals surface area contributed by atoms with E-state index in [1.165, 1.54) is 19.1 Å². The Morgan fingerprint density at radius 2 is 1.63 bits per heavy atom. The number of phenolic OH excluding ortho intramolecular Hbond substituents is 3. The number of aryl methyl sites for hydroxylation is 1. The van der Waals surface area contributed by atoms with Crippen molar-refractivity contribution in [3.8, 4) is 23.0 Å². The number of ether oxygens (including phenoxy) is 2. The molecule has 3 rings (SSSR count). The van der Waals surface area contributed by atoms with Gasteiger partial charge in [0.1, 0.15) is 46.9 Å². The smallest absolute Gasteiger partial charge is 0.229 e. The number of carbonyl (C=O) groups excluding carboxylic acids is 1. The van der Waals surface area contributed by atoms with Crippen molar-refractivity contribution >= 4 is 5.78 Å². The topological polar surface area (TPSA) is 157 Å². The summed E-state index contributed by atoms with van der Waals surface area (Å²) in [5.41, 5.74) is 0.578. The van der Waals surface area contributed by atoms with Crippen molar-refractivity contribution in [2.45, 2.75) is 50.5 Å². The van der Waals surface area contributed by atoms with E-state index in [1.807, 2.05) is 0 Å². The number of ketones is 1. The van der Waals surface area contributed by atoms with E-state index < -0.39 is 42.2 Å². The van der Waals surface area contributed by atoms with Crippen LogP contribution in [0, 0.1) is 0 Å². The number of phenols is 3. The normalized spacial score (nSPS) is 26.3. The summed E-state index contributed by atoms with van der Waals surface area (Å²) in [6.07, 6.45) is -6.49. The van der Waals surface area contributed by atoms with Crippen molar-refractivity contribution < 1.29 is 44.9 Å². The second-order valence-corrected chi connectivity index (χ2v) is 7.23. The largest absolute Gasteiger partial charge is 0.508 e. The van der Waals surface area contributed by atoms with E-state index in [1.54, 1.807) is 12.1 Å². The number of aliphatic hydroxyl groups excluding tert-OH is 3. The van der Waals surface area contributed by atoms with Crippen LogP contribution in [-0.2, 0) is 11.2 Å². The monoisotopic (exact) mass is 420 g/mol. The zero-order valence-corrected chi connectivity index (χ0v) is 16.2. The number of hydrogen-bond acceptors (Lipinski definition) is 9. The van der Waals surface area contributed by atoms with E-state index in [2.05, 4.69) is 0 Å². The highest BCUT2D eigenvalue weighted by atomic mass is 16.7. The molecule has 5 atom stereocenters. The maximum atomic E-state index is 12.8. The van der Waals surface area contributed by atoms with Gasteiger partial charge < -0.3 is 40.1 Å². The lowest BCUT2D eigenvalue weighted by atomic mass is 9.99. The summed E-state index contributed by atoms with van der Waals surface area (Å²) >= 11 is 0. The highest BCUT2D eigenvalue weighted by Gasteiger charge is 2.43. The van der Waals surface area contributed by atoms with Crippen LogP contribution in [0.2, 0.25) is 0 Å². The third-order valence-electron chi connectivity index (χ3n) is 4.97. The minimum absolute atomic E-state index is 0.00864. The number of rotatable bonds is 6. The van der Waals surface area contributed by atoms with Gasteiger partial charge in [-0.25, -0.2) is 0 Å². The lowest BCUT2D eigenvalue weighted by Crippen LogP contribution is -2.58. The predicted molar refractivity (Wildman–Crippen MR) is 104 cm³/mol. The first-order valence-corrected chi connectivity index (χ1v) is 9.40. The molecule has 2 aromatic rings. The Morgan fingerprint density at radius 3 is 2.30 bits per heavy atom. The van der Waals surface area contributed by atoms with Gasteiger partial charge in [-0.3, -0.25) is 4.79 Å². The summed E-state index contributed by atoms with van der Waals surface area (Å²) < 4.78 is 10.9. The van der Waals surface area contributed by atoms with Crippen LogP contribution in [0.25, 0.3) is 0 Å². The third kappa shape index (κ3) is 4.65. The molecule has 0 bridgehead atoms. The molecule has 0 amide bonds. The summed E-state index contributed by atoms with van der Waals surface area (Å²) in [7, 11) is 0. The average Bonchev–Trinajstić information content (AvgIpc) is 2.69. The predicted octanol–water partition coefficient (Wildman–Crippen LogP) is 0.825. The molecule has 1 heterocycles. The standard InChI is InChI=1S/C21H24O9/c1-10-18(26)19(27)20(28)21(29-10)30-16-9-13(23)8-15(25)17(16)14(24)7-4-11-2-5-12(22)6-3-11/h2-3,5-6,8-10,18-23,25-28H,4,7H2,1H3/t10-,18+,19-,20-,21+/m1/s1. The van der Waals surface area contributed by atoms with E-state index in [4.69, 9.17) is 9.47 Å². The van der Waals surface area contributed by atoms with Crippen LogP contribution in [0.1, 0.15) is 29.3 Å². The van der Waals surface area contributed by atoms with Crippen molar-refractivity contribution in [2.75, 3.05) is 0 Å². The summed E-state index contributed by atoms with van der Waals surface area (Å²) in [5, 5.41) is 59.2. The molecule has 0 aliphatic carbocycles. The number of aliphatic hydroxyl groups is 3. The van der Waals surface area contributed by atoms with Crippen LogP contribution in [-0.4, -0.2) is 67.1 Å². The SMILES string of the molecule is C[C@H]1O[C@@H](Oc2cc(O)cc(O)c2C(=O)CCc2ccc(O)cc2)[C@H](O)[C@H](O)[C@H]1O. The van der Waals surface area contributed by atoms with Gasteiger partial charge in [0.25, 0.3) is 0 Å². The molecule has 0 radical (unpaired) electrons. The van der Waals surface area contributed by atoms with Crippen molar-refractivity contribution in [1.82, 2.24) is 0 Å². The van der Waals surface area contributed by atoms with Gasteiger partial charge in [0, 0.05) is 18.6 Å². The van der Waals surface area contributed by atoms with Crippen molar-refractivity contribution in [3.05, 3.63) is 47.5 Å². The Morgan fingerprint density at radius 1 is 0.967 bits per heavy atom. The number of hydrogen-bond donors (Lipinski definition) is 6. The highest BCUT2D eigenvalue weighted by molar-refractivity contribution is 6.01. The Bertz CT molecular complexity index is 896. The summed E-state index contributed by atoms with van der Waals surface area (Å²) in [6.45, 7) is 1.47. The van der Waals surface area contributed by atoms with Crippen molar-refractivity contribution in [3.63, 3.8) is 0 Å². The maximum Gasteiger partial charge on any atom is 0.229 e. The molecule has 1 aliphatic heterocycles. The fourth-order valence-electron chi connectivity index (χ4n) is 3.24. The van der Waals surface area contributed by atoms with E-state index in [0.29, 0.717) is 6.42 Å². The average molecular weight is 420 g/mol. The molecule has 2 aromatic carbocycles. The molecule has 0 aromatic heterocycles. The van der Waals surface area contributed by atoms with Gasteiger partial charge in [0.2, 0.25) is 6.29 Å². The molecule has 0 unspecified atom stereocenters. The molecular formula is C21H24O9. The minimum Gasteiger partial charge on any atom is -0.508 e. The Labute approximate surface area is 172 Å². The second kappa shape index (κ2) is 8.88. The zero-order chi connectivity index (χ0) is 22.0. The van der Waals surface area contributed by atoms with Crippen molar-refractivity contribution in [2.24, 2.45) is 0 Å². The zero-order valence-electron chi connectivity index (χ0n) is 16.2. The summed E-state index contributed by atoms with van der Waals surface area (Å²) in [5.74, 6) is -1.52. The van der Waals surface area contributed by atoms with Gasteiger partial charge in [-0.2, -0.15) is 0 Å². The van der Waals surface area contributed by atoms with Gasteiger partial charge in [-0.1, -0.05) is 12.1 Å². The van der Waals surface area contributed by atoms with Crippen LogP contribution in [0.15, 0.2) is 36.4 Å². The summed E-state index contributed by atoms with van der Waals surface area (Å²) in [6, 6.07) is 8.39. The van der Waals surface area contributed by atoms with E-state index in [-0.39, 0.29) is 29.2 Å². The number of aromatic hydroxyl groups is 3. The molecule has 162 valence electrons. The number of benzene rings is 2. The van der Waals surface area contributed by atoms with Gasteiger partial charge in [0.05, 0.1) is 6.10 Å². The lowest BCUT2D eigenvalue weighted by Gasteiger charge is -2.39. The Kier molecular flexibility index (Phi) is 6.47. The van der Waals surface area contributed by atoms with Crippen LogP contribution in [0.4, 0.5) is 0 Å². The molecule has 0 spiro atoms. The van der Waals surface area contributed by atoms with Crippen molar-refractivity contribution in [1.29, 1.82) is 0 Å². The first kappa shape index (κ1) is 21.8. The lowest BCUT2D eigenvalue weighted by molar-refractivity contribution is -0.268. The fourth-order valence-corrected chi connectivity index (χ4v) is 3.24. The van der Waals surface area contributed by atoms with Gasteiger partial charge >= 0.3 is 0 Å². The first-order valence-electron chi connectivity index (χ1n) is 9.40. The molecular weight excluding hydrogens is 396 g/mol. The van der Waals surface area contributed by atoms with Gasteiger partial charge in [-0.05, 0) is 31.0 Å².